The fraction of sp³-hybridized carbons (Fsp3) is 0.533. The van der Waals surface area contributed by atoms with Gasteiger partial charge in [-0.15, -0.1) is 0 Å². The van der Waals surface area contributed by atoms with Crippen molar-refractivity contribution in [3.63, 3.8) is 0 Å². The monoisotopic (exact) mass is 279 g/mol. The molecule has 0 aliphatic carbocycles. The van der Waals surface area contributed by atoms with Crippen molar-refractivity contribution < 1.29 is 9.53 Å². The summed E-state index contributed by atoms with van der Waals surface area (Å²) in [6.45, 7) is 4.58. The van der Waals surface area contributed by atoms with E-state index in [0.717, 1.165) is 18.7 Å². The minimum Gasteiger partial charge on any atom is -0.383 e. The van der Waals surface area contributed by atoms with E-state index in [0.29, 0.717) is 13.2 Å². The van der Waals surface area contributed by atoms with Gasteiger partial charge in [-0.1, -0.05) is 30.3 Å². The molecule has 1 amide bonds. The number of likely N-dealkylation sites (N-methyl/N-ethyl adjacent to an activating group) is 1. The molecule has 0 aromatic heterocycles. The van der Waals surface area contributed by atoms with E-state index in [2.05, 4.69) is 10.2 Å². The Balaban J connectivity index is 2.42. The Morgan fingerprint density at radius 2 is 2.00 bits per heavy atom. The summed E-state index contributed by atoms with van der Waals surface area (Å²) >= 11 is 0. The molecule has 0 radical (unpaired) electrons. The largest absolute Gasteiger partial charge is 0.383 e. The van der Waals surface area contributed by atoms with E-state index in [1.54, 1.807) is 14.0 Å². The predicted octanol–water partition coefficient (Wildman–Crippen LogP) is 0.555. The number of hydrogen-bond acceptors (Lipinski definition) is 4. The Bertz CT molecular complexity index is 407. The summed E-state index contributed by atoms with van der Waals surface area (Å²) in [7, 11) is 3.67. The summed E-state index contributed by atoms with van der Waals surface area (Å²) in [4.78, 5) is 14.3. The first-order valence-electron chi connectivity index (χ1n) is 6.78. The maximum absolute atomic E-state index is 12.2. The number of rotatable bonds is 8. The predicted molar refractivity (Wildman–Crippen MR) is 80.4 cm³/mol. The average molecular weight is 279 g/mol. The second-order valence-corrected chi connectivity index (χ2v) is 5.12. The zero-order valence-corrected chi connectivity index (χ0v) is 12.6. The van der Waals surface area contributed by atoms with Crippen LogP contribution in [0.15, 0.2) is 30.3 Å². The fourth-order valence-electron chi connectivity index (χ4n) is 1.82. The Kier molecular flexibility index (Phi) is 6.64. The molecule has 0 bridgehead atoms. The maximum Gasteiger partial charge on any atom is 0.244 e. The van der Waals surface area contributed by atoms with Gasteiger partial charge in [-0.05, 0) is 19.5 Å². The molecular weight excluding hydrogens is 254 g/mol. The number of methoxy groups -OCH3 is 1. The van der Waals surface area contributed by atoms with Gasteiger partial charge in [0.25, 0.3) is 0 Å². The normalized spacial score (nSPS) is 14.1. The summed E-state index contributed by atoms with van der Waals surface area (Å²) < 4.78 is 5.00. The molecule has 1 aromatic rings. The van der Waals surface area contributed by atoms with Crippen LogP contribution in [0.25, 0.3) is 0 Å². The van der Waals surface area contributed by atoms with Crippen LogP contribution >= 0.6 is 0 Å². The quantitative estimate of drug-likeness (QED) is 0.729. The van der Waals surface area contributed by atoms with Gasteiger partial charge in [-0.2, -0.15) is 0 Å². The molecule has 1 unspecified atom stereocenters. The van der Waals surface area contributed by atoms with Crippen molar-refractivity contribution in [1.29, 1.82) is 0 Å². The first-order chi connectivity index (χ1) is 9.48. The minimum absolute atomic E-state index is 0.163. The maximum atomic E-state index is 12.2. The van der Waals surface area contributed by atoms with Crippen molar-refractivity contribution in [3.05, 3.63) is 35.9 Å². The molecular formula is C15H25N3O2. The number of nitrogens with one attached hydrogen (secondary N) is 1. The topological polar surface area (TPSA) is 67.6 Å². The highest BCUT2D eigenvalue weighted by molar-refractivity contribution is 5.86. The van der Waals surface area contributed by atoms with Crippen LogP contribution in [0.4, 0.5) is 0 Å². The number of nitrogens with zero attached hydrogens (tertiary/aromatic N) is 1. The van der Waals surface area contributed by atoms with E-state index in [1.165, 1.54) is 0 Å². The molecule has 0 heterocycles. The zero-order valence-electron chi connectivity index (χ0n) is 12.6. The number of hydrogen-bond donors (Lipinski definition) is 2. The van der Waals surface area contributed by atoms with Gasteiger partial charge in [0.05, 0.1) is 6.61 Å². The highest BCUT2D eigenvalue weighted by Gasteiger charge is 2.29. The van der Waals surface area contributed by atoms with Crippen LogP contribution in [0.2, 0.25) is 0 Å². The van der Waals surface area contributed by atoms with E-state index >= 15 is 0 Å². The third-order valence-corrected chi connectivity index (χ3v) is 3.30. The number of ether oxygens (including phenoxy) is 1. The lowest BCUT2D eigenvalue weighted by molar-refractivity contribution is -0.126. The summed E-state index contributed by atoms with van der Waals surface area (Å²) in [5.74, 6) is -0.163. The number of amides is 1. The molecule has 20 heavy (non-hydrogen) atoms. The Morgan fingerprint density at radius 1 is 1.35 bits per heavy atom. The molecule has 0 saturated heterocycles. The van der Waals surface area contributed by atoms with Crippen LogP contribution in [-0.2, 0) is 15.1 Å². The summed E-state index contributed by atoms with van der Waals surface area (Å²) in [6, 6.07) is 9.40. The highest BCUT2D eigenvalue weighted by atomic mass is 16.5. The van der Waals surface area contributed by atoms with Crippen LogP contribution < -0.4 is 11.1 Å². The standard InChI is InChI=1S/C15H25N3O2/c1-15(16,13-7-5-4-6-8-13)14(19)17-9-10-18(2)11-12-20-3/h4-8H,9-12,16H2,1-3H3,(H,17,19). The first kappa shape index (κ1) is 16.6. The van der Waals surface area contributed by atoms with Gasteiger partial charge in [0, 0.05) is 26.7 Å². The van der Waals surface area contributed by atoms with Crippen molar-refractivity contribution >= 4 is 5.91 Å². The summed E-state index contributed by atoms with van der Waals surface area (Å²) in [5.41, 5.74) is 5.94. The smallest absolute Gasteiger partial charge is 0.244 e. The summed E-state index contributed by atoms with van der Waals surface area (Å²) in [6.07, 6.45) is 0. The van der Waals surface area contributed by atoms with Gasteiger partial charge in [0.1, 0.15) is 5.54 Å². The van der Waals surface area contributed by atoms with Crippen LogP contribution in [0.5, 0.6) is 0 Å². The molecule has 0 spiro atoms. The number of carbonyl (C=O) groups is 1. The molecule has 1 aromatic carbocycles. The molecule has 1 rings (SSSR count). The van der Waals surface area contributed by atoms with E-state index in [-0.39, 0.29) is 5.91 Å². The highest BCUT2D eigenvalue weighted by Crippen LogP contribution is 2.17. The van der Waals surface area contributed by atoms with Gasteiger partial charge in [0.2, 0.25) is 5.91 Å². The molecule has 0 aliphatic heterocycles. The van der Waals surface area contributed by atoms with Gasteiger partial charge < -0.3 is 20.7 Å². The lowest BCUT2D eigenvalue weighted by atomic mass is 9.92. The Hall–Kier alpha value is -1.43. The zero-order chi connectivity index (χ0) is 15.0. The van der Waals surface area contributed by atoms with E-state index in [1.807, 2.05) is 37.4 Å². The fourth-order valence-corrected chi connectivity index (χ4v) is 1.82. The number of carbonyl (C=O) groups excluding carboxylic acids is 1. The van der Waals surface area contributed by atoms with Crippen LogP contribution in [0.3, 0.4) is 0 Å². The minimum atomic E-state index is -1.01. The molecule has 5 nitrogen and oxygen atoms in total. The van der Waals surface area contributed by atoms with Crippen LogP contribution in [-0.4, -0.2) is 51.2 Å². The lowest BCUT2D eigenvalue weighted by Gasteiger charge is -2.25. The van der Waals surface area contributed by atoms with Gasteiger partial charge in [-0.3, -0.25) is 4.79 Å². The van der Waals surface area contributed by atoms with E-state index in [9.17, 15) is 4.79 Å². The van der Waals surface area contributed by atoms with Gasteiger partial charge in [-0.25, -0.2) is 0 Å². The first-order valence-corrected chi connectivity index (χ1v) is 6.78. The van der Waals surface area contributed by atoms with Crippen molar-refractivity contribution in [2.75, 3.05) is 40.4 Å². The Labute approximate surface area is 121 Å². The van der Waals surface area contributed by atoms with Gasteiger partial charge >= 0.3 is 0 Å². The molecule has 3 N–H and O–H groups in total. The molecule has 0 fully saturated rings. The van der Waals surface area contributed by atoms with E-state index in [4.69, 9.17) is 10.5 Å². The molecule has 0 saturated carbocycles. The third kappa shape index (κ3) is 4.92. The second kappa shape index (κ2) is 7.99. The Morgan fingerprint density at radius 3 is 2.60 bits per heavy atom. The molecule has 0 aliphatic rings. The van der Waals surface area contributed by atoms with Crippen LogP contribution in [0, 0.1) is 0 Å². The lowest BCUT2D eigenvalue weighted by Crippen LogP contribution is -2.50. The molecule has 5 heteroatoms. The second-order valence-electron chi connectivity index (χ2n) is 5.12. The van der Waals surface area contributed by atoms with Crippen LogP contribution in [0.1, 0.15) is 12.5 Å². The van der Waals surface area contributed by atoms with Crippen molar-refractivity contribution in [1.82, 2.24) is 10.2 Å². The molecule has 1 atom stereocenters. The summed E-state index contributed by atoms with van der Waals surface area (Å²) in [5, 5.41) is 2.88. The molecule has 112 valence electrons. The number of benzene rings is 1. The number of nitrogens with two attached hydrogens (primary N) is 1. The van der Waals surface area contributed by atoms with Crippen molar-refractivity contribution in [2.24, 2.45) is 5.73 Å². The average Bonchev–Trinajstić information content (AvgIpc) is 2.45. The van der Waals surface area contributed by atoms with E-state index < -0.39 is 5.54 Å². The van der Waals surface area contributed by atoms with Crippen molar-refractivity contribution in [2.45, 2.75) is 12.5 Å². The van der Waals surface area contributed by atoms with Gasteiger partial charge in [0.15, 0.2) is 0 Å². The SMILES string of the molecule is COCCN(C)CCNC(=O)C(C)(N)c1ccccc1. The van der Waals surface area contributed by atoms with Crippen molar-refractivity contribution in [3.8, 4) is 0 Å². The third-order valence-electron chi connectivity index (χ3n) is 3.30.